The van der Waals surface area contributed by atoms with Crippen LogP contribution in [0.15, 0.2) is 113 Å². The Hall–Kier alpha value is -3.72. The van der Waals surface area contributed by atoms with E-state index >= 15 is 0 Å². The molecular formula is C24H19N3. The normalized spacial score (nSPS) is 11.0. The van der Waals surface area contributed by atoms with Gasteiger partial charge in [0.15, 0.2) is 0 Å². The molecule has 0 heterocycles. The highest BCUT2D eigenvalue weighted by atomic mass is 15.1. The average molecular weight is 349 g/mol. The third-order valence-corrected chi connectivity index (χ3v) is 4.41. The van der Waals surface area contributed by atoms with Crippen LogP contribution in [0.4, 0.5) is 17.1 Å². The van der Waals surface area contributed by atoms with Crippen molar-refractivity contribution in [1.29, 1.82) is 0 Å². The number of anilines is 1. The molecule has 0 amide bonds. The second-order valence-corrected chi connectivity index (χ2v) is 6.19. The molecule has 0 unspecified atom stereocenters. The van der Waals surface area contributed by atoms with Gasteiger partial charge in [0.1, 0.15) is 0 Å². The summed E-state index contributed by atoms with van der Waals surface area (Å²) >= 11 is 0. The second-order valence-electron chi connectivity index (χ2n) is 6.19. The van der Waals surface area contributed by atoms with E-state index in [1.807, 2.05) is 84.9 Å². The second kappa shape index (κ2) is 7.67. The van der Waals surface area contributed by atoms with Gasteiger partial charge in [0.25, 0.3) is 0 Å². The molecule has 0 bridgehead atoms. The van der Waals surface area contributed by atoms with Crippen LogP contribution in [-0.4, -0.2) is 0 Å². The number of nitrogens with two attached hydrogens (primary N) is 1. The lowest BCUT2D eigenvalue weighted by molar-refractivity contribution is 1.23. The Morgan fingerprint density at radius 1 is 0.444 bits per heavy atom. The standard InChI is InChI=1S/C24H19N3/c25-22-15-7-4-13-20(22)21-14-6-9-17-24(21)27-26-23-16-8-5-12-19(23)18-10-2-1-3-11-18/h1-17H,25H2. The molecule has 0 fully saturated rings. The molecule has 4 aromatic carbocycles. The molecule has 4 aromatic rings. The molecule has 27 heavy (non-hydrogen) atoms. The summed E-state index contributed by atoms with van der Waals surface area (Å²) < 4.78 is 0. The molecular weight excluding hydrogens is 330 g/mol. The first kappa shape index (κ1) is 16.7. The number of rotatable bonds is 4. The van der Waals surface area contributed by atoms with Crippen molar-refractivity contribution < 1.29 is 0 Å². The molecule has 3 heteroatoms. The Bertz CT molecular complexity index is 1090. The molecule has 0 saturated carbocycles. The zero-order valence-electron chi connectivity index (χ0n) is 14.8. The van der Waals surface area contributed by atoms with Crippen LogP contribution in [0.5, 0.6) is 0 Å². The number of para-hydroxylation sites is 1. The fourth-order valence-corrected chi connectivity index (χ4v) is 3.06. The quantitative estimate of drug-likeness (QED) is 0.312. The molecule has 0 aromatic heterocycles. The van der Waals surface area contributed by atoms with Crippen LogP contribution >= 0.6 is 0 Å². The number of hydrogen-bond donors (Lipinski definition) is 1. The van der Waals surface area contributed by atoms with Gasteiger partial charge in [-0.15, -0.1) is 10.2 Å². The summed E-state index contributed by atoms with van der Waals surface area (Å²) in [7, 11) is 0. The first-order valence-electron chi connectivity index (χ1n) is 8.83. The fraction of sp³-hybridized carbons (Fsp3) is 0. The van der Waals surface area contributed by atoms with Crippen molar-refractivity contribution in [3.63, 3.8) is 0 Å². The van der Waals surface area contributed by atoms with Crippen LogP contribution in [0.25, 0.3) is 22.3 Å². The minimum atomic E-state index is 0.727. The smallest absolute Gasteiger partial charge is 0.0936 e. The van der Waals surface area contributed by atoms with Crippen molar-refractivity contribution >= 4 is 17.1 Å². The van der Waals surface area contributed by atoms with Gasteiger partial charge in [0, 0.05) is 22.4 Å². The highest BCUT2D eigenvalue weighted by Gasteiger charge is 2.08. The monoisotopic (exact) mass is 349 g/mol. The van der Waals surface area contributed by atoms with E-state index < -0.39 is 0 Å². The fourth-order valence-electron chi connectivity index (χ4n) is 3.06. The molecule has 2 N–H and O–H groups in total. The maximum absolute atomic E-state index is 6.16. The molecule has 0 radical (unpaired) electrons. The van der Waals surface area contributed by atoms with E-state index in [4.69, 9.17) is 5.73 Å². The van der Waals surface area contributed by atoms with Crippen LogP contribution in [-0.2, 0) is 0 Å². The van der Waals surface area contributed by atoms with Crippen LogP contribution in [0.3, 0.4) is 0 Å². The topological polar surface area (TPSA) is 50.7 Å². The van der Waals surface area contributed by atoms with E-state index in [1.54, 1.807) is 0 Å². The Morgan fingerprint density at radius 2 is 0.926 bits per heavy atom. The van der Waals surface area contributed by atoms with Gasteiger partial charge in [-0.3, -0.25) is 0 Å². The van der Waals surface area contributed by atoms with Gasteiger partial charge in [-0.05, 0) is 23.8 Å². The summed E-state index contributed by atoms with van der Waals surface area (Å²) in [5.41, 5.74) is 12.6. The summed E-state index contributed by atoms with van der Waals surface area (Å²) in [6.07, 6.45) is 0. The maximum Gasteiger partial charge on any atom is 0.0936 e. The highest BCUT2D eigenvalue weighted by molar-refractivity contribution is 5.83. The van der Waals surface area contributed by atoms with E-state index in [2.05, 4.69) is 28.4 Å². The number of benzene rings is 4. The van der Waals surface area contributed by atoms with Gasteiger partial charge in [0.2, 0.25) is 0 Å². The molecule has 3 nitrogen and oxygen atoms in total. The first-order chi connectivity index (χ1) is 13.3. The largest absolute Gasteiger partial charge is 0.398 e. The molecule has 0 spiro atoms. The molecule has 0 saturated heterocycles. The van der Waals surface area contributed by atoms with Crippen molar-refractivity contribution in [3.8, 4) is 22.3 Å². The zero-order valence-corrected chi connectivity index (χ0v) is 14.8. The Morgan fingerprint density at radius 3 is 1.59 bits per heavy atom. The molecule has 0 aliphatic rings. The molecule has 0 aliphatic carbocycles. The van der Waals surface area contributed by atoms with Gasteiger partial charge in [0.05, 0.1) is 11.4 Å². The highest BCUT2D eigenvalue weighted by Crippen LogP contribution is 2.36. The summed E-state index contributed by atoms with van der Waals surface area (Å²) in [6.45, 7) is 0. The minimum absolute atomic E-state index is 0.727. The van der Waals surface area contributed by atoms with Gasteiger partial charge in [-0.2, -0.15) is 0 Å². The van der Waals surface area contributed by atoms with Gasteiger partial charge < -0.3 is 5.73 Å². The molecule has 4 rings (SSSR count). The summed E-state index contributed by atoms with van der Waals surface area (Å²) in [5.74, 6) is 0. The Balaban J connectivity index is 1.75. The summed E-state index contributed by atoms with van der Waals surface area (Å²) in [4.78, 5) is 0. The van der Waals surface area contributed by atoms with Crippen molar-refractivity contribution in [3.05, 3.63) is 103 Å². The van der Waals surface area contributed by atoms with Gasteiger partial charge in [-0.25, -0.2) is 0 Å². The Labute approximate surface area is 158 Å². The lowest BCUT2D eigenvalue weighted by atomic mass is 10.0. The number of nitrogens with zero attached hydrogens (tertiary/aromatic N) is 2. The van der Waals surface area contributed by atoms with Crippen LogP contribution < -0.4 is 5.73 Å². The third kappa shape index (κ3) is 3.62. The van der Waals surface area contributed by atoms with Crippen molar-refractivity contribution in [1.82, 2.24) is 0 Å². The van der Waals surface area contributed by atoms with E-state index in [9.17, 15) is 0 Å². The molecule has 130 valence electrons. The average Bonchev–Trinajstić information content (AvgIpc) is 2.74. The van der Waals surface area contributed by atoms with Gasteiger partial charge >= 0.3 is 0 Å². The van der Waals surface area contributed by atoms with Crippen LogP contribution in [0.2, 0.25) is 0 Å². The van der Waals surface area contributed by atoms with Crippen molar-refractivity contribution in [2.24, 2.45) is 10.2 Å². The maximum atomic E-state index is 6.16. The summed E-state index contributed by atoms with van der Waals surface area (Å²) in [5, 5.41) is 9.10. The lowest BCUT2D eigenvalue weighted by Crippen LogP contribution is -1.89. The van der Waals surface area contributed by atoms with Crippen molar-refractivity contribution in [2.75, 3.05) is 5.73 Å². The molecule has 0 aliphatic heterocycles. The Kier molecular flexibility index (Phi) is 4.75. The molecule has 0 atom stereocenters. The predicted molar refractivity (Wildman–Crippen MR) is 112 cm³/mol. The van der Waals surface area contributed by atoms with E-state index in [-0.39, 0.29) is 0 Å². The predicted octanol–water partition coefficient (Wildman–Crippen LogP) is 7.02. The van der Waals surface area contributed by atoms with Crippen LogP contribution in [0, 0.1) is 0 Å². The van der Waals surface area contributed by atoms with Crippen molar-refractivity contribution in [2.45, 2.75) is 0 Å². The lowest BCUT2D eigenvalue weighted by Gasteiger charge is -2.08. The third-order valence-electron chi connectivity index (χ3n) is 4.41. The van der Waals surface area contributed by atoms with E-state index in [0.29, 0.717) is 0 Å². The minimum Gasteiger partial charge on any atom is -0.398 e. The number of azo groups is 1. The summed E-state index contributed by atoms with van der Waals surface area (Å²) in [6, 6.07) is 34.0. The number of nitrogen functional groups attached to an aromatic ring is 1. The zero-order chi connectivity index (χ0) is 18.5. The van der Waals surface area contributed by atoms with E-state index in [0.717, 1.165) is 39.3 Å². The van der Waals surface area contributed by atoms with Crippen LogP contribution in [0.1, 0.15) is 0 Å². The SMILES string of the molecule is Nc1ccccc1-c1ccccc1N=Nc1ccccc1-c1ccccc1. The first-order valence-corrected chi connectivity index (χ1v) is 8.83. The number of hydrogen-bond acceptors (Lipinski definition) is 3. The van der Waals surface area contributed by atoms with E-state index in [1.165, 1.54) is 0 Å². The van der Waals surface area contributed by atoms with Gasteiger partial charge in [-0.1, -0.05) is 84.9 Å².